The average molecular weight is 583 g/mol. The summed E-state index contributed by atoms with van der Waals surface area (Å²) in [6, 6.07) is 10.8. The van der Waals surface area contributed by atoms with Gasteiger partial charge in [0.05, 0.1) is 11.3 Å². The topological polar surface area (TPSA) is 152 Å². The van der Waals surface area contributed by atoms with E-state index in [9.17, 15) is 9.18 Å². The fraction of sp³-hybridized carbons (Fsp3) is 0.226. The number of benzene rings is 2. The van der Waals surface area contributed by atoms with Crippen molar-refractivity contribution in [1.29, 1.82) is 5.41 Å². The summed E-state index contributed by atoms with van der Waals surface area (Å²) in [5.41, 5.74) is 7.97. The second-order valence-electron chi connectivity index (χ2n) is 10.0. The van der Waals surface area contributed by atoms with Gasteiger partial charge in [-0.05, 0) is 50.1 Å². The number of likely N-dealkylation sites (tertiary alicyclic amines) is 1. The number of halogens is 1. The van der Waals surface area contributed by atoms with E-state index in [1.54, 1.807) is 54.5 Å². The van der Waals surface area contributed by atoms with Gasteiger partial charge in [0, 0.05) is 60.9 Å². The molecule has 11 nitrogen and oxygen atoms in total. The van der Waals surface area contributed by atoms with Crippen molar-refractivity contribution in [1.82, 2.24) is 24.8 Å². The second-order valence-corrected chi connectivity index (χ2v) is 10.0. The molecule has 220 valence electrons. The van der Waals surface area contributed by atoms with Crippen molar-refractivity contribution in [2.24, 2.45) is 0 Å². The summed E-state index contributed by atoms with van der Waals surface area (Å²) in [5.74, 6) is 1.57. The van der Waals surface area contributed by atoms with Crippen molar-refractivity contribution >= 4 is 23.3 Å². The van der Waals surface area contributed by atoms with Crippen LogP contribution in [-0.2, 0) is 11.4 Å². The van der Waals surface area contributed by atoms with Crippen LogP contribution in [-0.4, -0.2) is 55.6 Å². The number of nitrogens with zero attached hydrogens (tertiary/aromatic N) is 5. The molecule has 0 bridgehead atoms. The molecule has 3 heterocycles. The van der Waals surface area contributed by atoms with E-state index in [2.05, 4.69) is 31.8 Å². The van der Waals surface area contributed by atoms with Crippen LogP contribution in [0.1, 0.15) is 35.4 Å². The smallest absolute Gasteiger partial charge is 0.246 e. The van der Waals surface area contributed by atoms with Crippen molar-refractivity contribution in [3.05, 3.63) is 102 Å². The molecule has 0 aliphatic carbocycles. The molecule has 4 N–H and O–H groups in total. The quantitative estimate of drug-likeness (QED) is 0.179. The van der Waals surface area contributed by atoms with Crippen LogP contribution in [0.15, 0.2) is 73.8 Å². The summed E-state index contributed by atoms with van der Waals surface area (Å²) in [6.45, 7) is 6.69. The molecule has 0 saturated carbocycles. The Labute approximate surface area is 248 Å². The first-order chi connectivity index (χ1) is 20.8. The first kappa shape index (κ1) is 29.1. The van der Waals surface area contributed by atoms with Crippen molar-refractivity contribution < 1.29 is 18.7 Å². The van der Waals surface area contributed by atoms with Crippen LogP contribution in [0.4, 0.5) is 16.0 Å². The molecule has 1 aliphatic heterocycles. The van der Waals surface area contributed by atoms with Crippen LogP contribution < -0.4 is 20.5 Å². The minimum absolute atomic E-state index is 0.0698. The molecule has 1 amide bonds. The van der Waals surface area contributed by atoms with E-state index in [1.165, 1.54) is 24.5 Å². The highest BCUT2D eigenvalue weighted by atomic mass is 19.1. The maximum Gasteiger partial charge on any atom is 0.246 e. The van der Waals surface area contributed by atoms with Crippen LogP contribution in [0, 0.1) is 18.2 Å². The molecule has 1 atom stereocenters. The third kappa shape index (κ3) is 7.28. The number of aromatic nitrogens is 4. The van der Waals surface area contributed by atoms with E-state index >= 15 is 0 Å². The SMILES string of the molecule is C=CC(=O)N1CCCC(Nc2ncnc(N)c2C(=N)c2ccc(Oc3cc(F)cc(OCc4cnc(C)nc4)c3)cc2)C1. The highest BCUT2D eigenvalue weighted by molar-refractivity contribution is 6.16. The second kappa shape index (κ2) is 13.1. The molecule has 2 aromatic heterocycles. The van der Waals surface area contributed by atoms with Crippen molar-refractivity contribution in [2.75, 3.05) is 24.1 Å². The predicted molar refractivity (Wildman–Crippen MR) is 160 cm³/mol. The number of amides is 1. The largest absolute Gasteiger partial charge is 0.489 e. The zero-order valence-corrected chi connectivity index (χ0v) is 23.6. The highest BCUT2D eigenvalue weighted by Crippen LogP contribution is 2.29. The lowest BCUT2D eigenvalue weighted by Crippen LogP contribution is -2.44. The molecule has 4 aromatic rings. The number of rotatable bonds is 10. The van der Waals surface area contributed by atoms with Gasteiger partial charge in [-0.2, -0.15) is 0 Å². The lowest BCUT2D eigenvalue weighted by atomic mass is 10.0. The molecule has 12 heteroatoms. The van der Waals surface area contributed by atoms with E-state index in [4.69, 9.17) is 20.6 Å². The van der Waals surface area contributed by atoms with E-state index in [1.807, 2.05) is 0 Å². The summed E-state index contributed by atoms with van der Waals surface area (Å²) < 4.78 is 25.9. The normalized spacial score (nSPS) is 14.6. The number of aryl methyl sites for hydroxylation is 1. The Morgan fingerprint density at radius 1 is 1.14 bits per heavy atom. The molecular weight excluding hydrogens is 551 g/mol. The molecule has 1 aliphatic rings. The summed E-state index contributed by atoms with van der Waals surface area (Å²) in [5, 5.41) is 12.2. The Morgan fingerprint density at radius 3 is 2.63 bits per heavy atom. The maximum absolute atomic E-state index is 14.3. The number of piperidine rings is 1. The molecule has 43 heavy (non-hydrogen) atoms. The number of anilines is 2. The zero-order valence-electron chi connectivity index (χ0n) is 23.6. The van der Waals surface area contributed by atoms with Crippen molar-refractivity contribution in [3.8, 4) is 17.2 Å². The molecule has 0 radical (unpaired) electrons. The van der Waals surface area contributed by atoms with E-state index < -0.39 is 5.82 Å². The van der Waals surface area contributed by atoms with E-state index in [0.29, 0.717) is 47.4 Å². The minimum Gasteiger partial charge on any atom is -0.489 e. The number of nitrogens with one attached hydrogen (secondary N) is 2. The molecule has 1 saturated heterocycles. The Morgan fingerprint density at radius 2 is 1.88 bits per heavy atom. The number of hydrogen-bond acceptors (Lipinski definition) is 10. The van der Waals surface area contributed by atoms with Gasteiger partial charge in [0.1, 0.15) is 53.5 Å². The molecule has 5 rings (SSSR count). The number of nitrogen functional groups attached to an aromatic ring is 1. The Balaban J connectivity index is 1.27. The lowest BCUT2D eigenvalue weighted by Gasteiger charge is -2.33. The summed E-state index contributed by atoms with van der Waals surface area (Å²) in [7, 11) is 0. The summed E-state index contributed by atoms with van der Waals surface area (Å²) >= 11 is 0. The van der Waals surface area contributed by atoms with Gasteiger partial charge in [0.2, 0.25) is 5.91 Å². The van der Waals surface area contributed by atoms with Gasteiger partial charge in [-0.1, -0.05) is 6.58 Å². The van der Waals surface area contributed by atoms with Gasteiger partial charge in [0.15, 0.2) is 0 Å². The predicted octanol–water partition coefficient (Wildman–Crippen LogP) is 4.67. The Bertz CT molecular complexity index is 1630. The monoisotopic (exact) mass is 582 g/mol. The molecule has 1 fully saturated rings. The number of hydrogen-bond donors (Lipinski definition) is 3. The van der Waals surface area contributed by atoms with Crippen LogP contribution in [0.3, 0.4) is 0 Å². The summed E-state index contributed by atoms with van der Waals surface area (Å²) in [6.07, 6.45) is 7.61. The third-order valence-electron chi connectivity index (χ3n) is 6.84. The Kier molecular flexibility index (Phi) is 8.85. The zero-order chi connectivity index (χ0) is 30.3. The van der Waals surface area contributed by atoms with Crippen molar-refractivity contribution in [3.63, 3.8) is 0 Å². The highest BCUT2D eigenvalue weighted by Gasteiger charge is 2.25. The number of carbonyl (C=O) groups is 1. The van der Waals surface area contributed by atoms with Crippen molar-refractivity contribution in [2.45, 2.75) is 32.4 Å². The van der Waals surface area contributed by atoms with Gasteiger partial charge in [-0.3, -0.25) is 10.2 Å². The van der Waals surface area contributed by atoms with E-state index in [0.717, 1.165) is 18.4 Å². The minimum atomic E-state index is -0.513. The average Bonchev–Trinajstić information content (AvgIpc) is 3.00. The van der Waals surface area contributed by atoms with Gasteiger partial charge < -0.3 is 25.4 Å². The maximum atomic E-state index is 14.3. The van der Waals surface area contributed by atoms with Gasteiger partial charge in [-0.25, -0.2) is 24.3 Å². The number of ether oxygens (including phenoxy) is 2. The Hall–Kier alpha value is -5.39. The number of nitrogens with two attached hydrogens (primary N) is 1. The fourth-order valence-electron chi connectivity index (χ4n) is 4.68. The fourth-order valence-corrected chi connectivity index (χ4v) is 4.68. The van der Waals surface area contributed by atoms with Crippen LogP contribution in [0.25, 0.3) is 0 Å². The van der Waals surface area contributed by atoms with E-state index in [-0.39, 0.29) is 35.8 Å². The standard InChI is InChI=1S/C31H31FN8O3/c1-3-27(41)40-10-4-5-23(16-40)39-31-28(30(34)37-18-38-31)29(33)21-6-8-24(9-7-21)43-26-12-22(32)11-25(13-26)42-17-20-14-35-19(2)36-15-20/h3,6-9,11-15,18,23,33H,1,4-5,10,16-17H2,2H3,(H3,34,37,38,39). The van der Waals surface area contributed by atoms with Crippen LogP contribution in [0.5, 0.6) is 17.2 Å². The van der Waals surface area contributed by atoms with Gasteiger partial charge >= 0.3 is 0 Å². The molecule has 1 unspecified atom stereocenters. The first-order valence-corrected chi connectivity index (χ1v) is 13.7. The van der Waals surface area contributed by atoms with Gasteiger partial charge in [-0.15, -0.1) is 0 Å². The van der Waals surface area contributed by atoms with Crippen LogP contribution >= 0.6 is 0 Å². The lowest BCUT2D eigenvalue weighted by molar-refractivity contribution is -0.127. The summed E-state index contributed by atoms with van der Waals surface area (Å²) in [4.78, 5) is 30.5. The van der Waals surface area contributed by atoms with Gasteiger partial charge in [0.25, 0.3) is 0 Å². The first-order valence-electron chi connectivity index (χ1n) is 13.7. The number of carbonyl (C=O) groups excluding carboxylic acids is 1. The third-order valence-corrected chi connectivity index (χ3v) is 6.84. The van der Waals surface area contributed by atoms with Crippen LogP contribution in [0.2, 0.25) is 0 Å². The molecule has 2 aromatic carbocycles. The molecular formula is C31H31FN8O3. The molecule has 0 spiro atoms.